The van der Waals surface area contributed by atoms with Crippen molar-refractivity contribution in [3.8, 4) is 5.75 Å². The zero-order valence-electron chi connectivity index (χ0n) is 7.85. The number of aromatic hydroxyl groups is 1. The maximum atomic E-state index is 9.65. The molecule has 0 bridgehead atoms. The average Bonchev–Trinajstić information content (AvgIpc) is 2.25. The van der Waals surface area contributed by atoms with Crippen LogP contribution in [0.3, 0.4) is 0 Å². The summed E-state index contributed by atoms with van der Waals surface area (Å²) < 4.78 is 2.14. The van der Waals surface area contributed by atoms with Gasteiger partial charge < -0.3 is 0 Å². The summed E-state index contributed by atoms with van der Waals surface area (Å²) in [4.78, 5) is 0. The first kappa shape index (κ1) is 10.6. The normalized spacial score (nSPS) is 10.2. The molecule has 0 amide bonds. The molecule has 0 heterocycles. The SMILES string of the molecule is Oc1ccc(Cl)cc1[Se]c1ccccc1. The molecule has 1 N–H and O–H groups in total. The van der Waals surface area contributed by atoms with E-state index in [1.165, 1.54) is 4.46 Å². The fraction of sp³-hybridized carbons (Fsp3) is 0. The van der Waals surface area contributed by atoms with Gasteiger partial charge in [-0.3, -0.25) is 0 Å². The van der Waals surface area contributed by atoms with E-state index in [0.717, 1.165) is 4.46 Å². The number of rotatable bonds is 2. The Hall–Kier alpha value is -0.951. The van der Waals surface area contributed by atoms with Gasteiger partial charge in [0.15, 0.2) is 0 Å². The molecule has 0 aromatic heterocycles. The van der Waals surface area contributed by atoms with Gasteiger partial charge in [-0.25, -0.2) is 0 Å². The quantitative estimate of drug-likeness (QED) is 0.832. The van der Waals surface area contributed by atoms with Gasteiger partial charge in [0.25, 0.3) is 0 Å². The van der Waals surface area contributed by atoms with Crippen LogP contribution in [0.2, 0.25) is 5.02 Å². The fourth-order valence-corrected chi connectivity index (χ4v) is 3.40. The van der Waals surface area contributed by atoms with Crippen molar-refractivity contribution in [2.75, 3.05) is 0 Å². The zero-order chi connectivity index (χ0) is 10.7. The van der Waals surface area contributed by atoms with Gasteiger partial charge in [0.1, 0.15) is 0 Å². The summed E-state index contributed by atoms with van der Waals surface area (Å²) in [6.07, 6.45) is 0. The number of phenolic OH excluding ortho intramolecular Hbond substituents is 1. The molecule has 3 heteroatoms. The Morgan fingerprint density at radius 1 is 1.00 bits per heavy atom. The summed E-state index contributed by atoms with van der Waals surface area (Å²) in [6.45, 7) is 0. The van der Waals surface area contributed by atoms with Crippen molar-refractivity contribution >= 4 is 35.5 Å². The molecule has 2 aromatic carbocycles. The first-order chi connectivity index (χ1) is 7.25. The molecule has 0 aliphatic heterocycles. The predicted molar refractivity (Wildman–Crippen MR) is 64.6 cm³/mol. The van der Waals surface area contributed by atoms with Gasteiger partial charge >= 0.3 is 99.9 Å². The molecule has 76 valence electrons. The predicted octanol–water partition coefficient (Wildman–Crippen LogP) is 1.70. The molecular weight excluding hydrogens is 275 g/mol. The Morgan fingerprint density at radius 3 is 2.47 bits per heavy atom. The molecule has 1 nitrogen and oxygen atoms in total. The summed E-state index contributed by atoms with van der Waals surface area (Å²) in [5.41, 5.74) is 0. The molecule has 0 aliphatic rings. The zero-order valence-corrected chi connectivity index (χ0v) is 10.3. The van der Waals surface area contributed by atoms with Gasteiger partial charge in [0.2, 0.25) is 0 Å². The summed E-state index contributed by atoms with van der Waals surface area (Å²) in [6, 6.07) is 15.3. The van der Waals surface area contributed by atoms with E-state index in [4.69, 9.17) is 11.6 Å². The fourth-order valence-electron chi connectivity index (χ4n) is 1.19. The third kappa shape index (κ3) is 2.75. The van der Waals surface area contributed by atoms with Crippen LogP contribution in [0.4, 0.5) is 0 Å². The van der Waals surface area contributed by atoms with Gasteiger partial charge in [-0.1, -0.05) is 0 Å². The minimum atomic E-state index is 0.107. The molecule has 0 unspecified atom stereocenters. The minimum absolute atomic E-state index is 0.107. The summed E-state index contributed by atoms with van der Waals surface area (Å²) in [5.74, 6) is 0.322. The Labute approximate surface area is 99.9 Å². The molecule has 0 spiro atoms. The summed E-state index contributed by atoms with van der Waals surface area (Å²) in [7, 11) is 0. The number of hydrogen-bond acceptors (Lipinski definition) is 1. The van der Waals surface area contributed by atoms with Crippen molar-refractivity contribution in [2.45, 2.75) is 0 Å². The molecular formula is C12H9ClOSe. The van der Waals surface area contributed by atoms with Gasteiger partial charge in [0, 0.05) is 0 Å². The third-order valence-corrected chi connectivity index (χ3v) is 4.34. The first-order valence-electron chi connectivity index (χ1n) is 4.47. The summed E-state index contributed by atoms with van der Waals surface area (Å²) >= 11 is 5.99. The molecule has 15 heavy (non-hydrogen) atoms. The monoisotopic (exact) mass is 284 g/mol. The van der Waals surface area contributed by atoms with E-state index in [-0.39, 0.29) is 15.0 Å². The van der Waals surface area contributed by atoms with Crippen LogP contribution in [0.1, 0.15) is 0 Å². The van der Waals surface area contributed by atoms with Gasteiger partial charge in [-0.15, -0.1) is 0 Å². The summed E-state index contributed by atoms with van der Waals surface area (Å²) in [5, 5.41) is 10.3. The Bertz CT molecular complexity index is 456. The first-order valence-corrected chi connectivity index (χ1v) is 6.56. The van der Waals surface area contributed by atoms with Crippen LogP contribution in [0.15, 0.2) is 48.5 Å². The van der Waals surface area contributed by atoms with E-state index >= 15 is 0 Å². The second-order valence-electron chi connectivity index (χ2n) is 3.03. The molecule has 0 aliphatic carbocycles. The maximum absolute atomic E-state index is 9.65. The molecule has 0 fully saturated rings. The Balaban J connectivity index is 2.28. The topological polar surface area (TPSA) is 20.2 Å². The van der Waals surface area contributed by atoms with Crippen LogP contribution in [0.25, 0.3) is 0 Å². The van der Waals surface area contributed by atoms with Crippen molar-refractivity contribution < 1.29 is 5.11 Å². The van der Waals surface area contributed by atoms with E-state index < -0.39 is 0 Å². The molecule has 0 saturated carbocycles. The van der Waals surface area contributed by atoms with Gasteiger partial charge in [0.05, 0.1) is 0 Å². The average molecular weight is 284 g/mol. The van der Waals surface area contributed by atoms with Gasteiger partial charge in [-0.2, -0.15) is 0 Å². The van der Waals surface area contributed by atoms with Crippen molar-refractivity contribution in [3.63, 3.8) is 0 Å². The standard InChI is InChI=1S/C12H9ClOSe/c13-9-6-7-11(14)12(8-9)15-10-4-2-1-3-5-10/h1-8,14H. The van der Waals surface area contributed by atoms with Crippen LogP contribution in [0.5, 0.6) is 5.75 Å². The van der Waals surface area contributed by atoms with E-state index in [0.29, 0.717) is 10.8 Å². The third-order valence-electron chi connectivity index (χ3n) is 1.89. The molecule has 0 saturated heterocycles. The van der Waals surface area contributed by atoms with E-state index in [1.54, 1.807) is 12.1 Å². The van der Waals surface area contributed by atoms with Crippen LogP contribution in [-0.2, 0) is 0 Å². The van der Waals surface area contributed by atoms with Crippen LogP contribution < -0.4 is 8.92 Å². The number of phenols is 1. The van der Waals surface area contributed by atoms with Crippen LogP contribution in [0, 0.1) is 0 Å². The van der Waals surface area contributed by atoms with Crippen molar-refractivity contribution in [1.82, 2.24) is 0 Å². The molecule has 0 atom stereocenters. The molecule has 2 rings (SSSR count). The van der Waals surface area contributed by atoms with E-state index in [2.05, 4.69) is 12.1 Å². The second-order valence-corrected chi connectivity index (χ2v) is 5.80. The van der Waals surface area contributed by atoms with Crippen LogP contribution in [-0.4, -0.2) is 20.1 Å². The Kier molecular flexibility index (Phi) is 3.32. The molecule has 0 radical (unpaired) electrons. The van der Waals surface area contributed by atoms with Crippen molar-refractivity contribution in [1.29, 1.82) is 0 Å². The Morgan fingerprint density at radius 2 is 1.73 bits per heavy atom. The molecule has 2 aromatic rings. The number of hydrogen-bond donors (Lipinski definition) is 1. The van der Waals surface area contributed by atoms with Crippen molar-refractivity contribution in [3.05, 3.63) is 53.6 Å². The number of benzene rings is 2. The van der Waals surface area contributed by atoms with E-state index in [9.17, 15) is 5.11 Å². The number of halogens is 1. The van der Waals surface area contributed by atoms with Crippen molar-refractivity contribution in [2.24, 2.45) is 0 Å². The van der Waals surface area contributed by atoms with Crippen LogP contribution >= 0.6 is 11.6 Å². The van der Waals surface area contributed by atoms with E-state index in [1.807, 2.05) is 24.3 Å². The second kappa shape index (κ2) is 4.71. The van der Waals surface area contributed by atoms with Gasteiger partial charge in [-0.05, 0) is 0 Å².